The SMILES string of the molecule is COC1(OC)CN(Cc2ccc(Br)s2)C1. The Kier molecular flexibility index (Phi) is 3.47. The van der Waals surface area contributed by atoms with E-state index in [1.807, 2.05) is 0 Å². The first-order chi connectivity index (χ1) is 7.17. The highest BCUT2D eigenvalue weighted by Crippen LogP contribution is 2.29. The summed E-state index contributed by atoms with van der Waals surface area (Å²) in [7, 11) is 3.39. The molecule has 15 heavy (non-hydrogen) atoms. The Labute approximate surface area is 102 Å². The molecule has 3 nitrogen and oxygen atoms in total. The maximum atomic E-state index is 5.33. The zero-order chi connectivity index (χ0) is 10.9. The molecule has 0 unspecified atom stereocenters. The summed E-state index contributed by atoms with van der Waals surface area (Å²) in [5.74, 6) is -0.367. The van der Waals surface area contributed by atoms with Crippen LogP contribution in [-0.2, 0) is 16.0 Å². The van der Waals surface area contributed by atoms with E-state index in [0.717, 1.165) is 19.6 Å². The number of methoxy groups -OCH3 is 2. The normalized spacial score (nSPS) is 20.2. The first-order valence-corrected chi connectivity index (χ1v) is 6.35. The van der Waals surface area contributed by atoms with Gasteiger partial charge < -0.3 is 9.47 Å². The zero-order valence-electron chi connectivity index (χ0n) is 8.83. The van der Waals surface area contributed by atoms with E-state index in [2.05, 4.69) is 33.0 Å². The summed E-state index contributed by atoms with van der Waals surface area (Å²) < 4.78 is 11.8. The van der Waals surface area contributed by atoms with Gasteiger partial charge in [-0.05, 0) is 28.1 Å². The van der Waals surface area contributed by atoms with Crippen molar-refractivity contribution in [3.63, 3.8) is 0 Å². The van der Waals surface area contributed by atoms with Crippen molar-refractivity contribution >= 4 is 27.3 Å². The molecule has 0 spiro atoms. The number of hydrogen-bond donors (Lipinski definition) is 0. The van der Waals surface area contributed by atoms with E-state index in [1.54, 1.807) is 25.6 Å². The van der Waals surface area contributed by atoms with Crippen LogP contribution in [0.15, 0.2) is 15.9 Å². The smallest absolute Gasteiger partial charge is 0.193 e. The first-order valence-electron chi connectivity index (χ1n) is 4.74. The molecule has 2 heterocycles. The first kappa shape index (κ1) is 11.5. The second-order valence-corrected chi connectivity index (χ2v) is 6.22. The molecule has 1 aliphatic heterocycles. The van der Waals surface area contributed by atoms with Crippen LogP contribution in [0.5, 0.6) is 0 Å². The molecule has 1 fully saturated rings. The number of halogens is 1. The quantitative estimate of drug-likeness (QED) is 0.795. The third kappa shape index (κ3) is 2.42. The van der Waals surface area contributed by atoms with Gasteiger partial charge in [-0.1, -0.05) is 0 Å². The lowest BCUT2D eigenvalue weighted by molar-refractivity contribution is -0.277. The third-order valence-electron chi connectivity index (χ3n) is 2.68. The Balaban J connectivity index is 1.85. The molecule has 0 N–H and O–H groups in total. The molecule has 2 rings (SSSR count). The second-order valence-electron chi connectivity index (χ2n) is 3.67. The van der Waals surface area contributed by atoms with Crippen LogP contribution in [0.25, 0.3) is 0 Å². The minimum atomic E-state index is -0.367. The monoisotopic (exact) mass is 291 g/mol. The largest absolute Gasteiger partial charge is 0.351 e. The molecule has 1 aliphatic rings. The van der Waals surface area contributed by atoms with Crippen LogP contribution in [0.3, 0.4) is 0 Å². The van der Waals surface area contributed by atoms with Crippen molar-refractivity contribution in [2.75, 3.05) is 27.3 Å². The van der Waals surface area contributed by atoms with E-state index in [4.69, 9.17) is 9.47 Å². The molecule has 84 valence electrons. The van der Waals surface area contributed by atoms with E-state index >= 15 is 0 Å². The van der Waals surface area contributed by atoms with Gasteiger partial charge in [0.05, 0.1) is 16.9 Å². The molecule has 0 bridgehead atoms. The lowest BCUT2D eigenvalue weighted by Gasteiger charge is -2.47. The van der Waals surface area contributed by atoms with Crippen molar-refractivity contribution in [1.82, 2.24) is 4.90 Å². The number of nitrogens with zero attached hydrogens (tertiary/aromatic N) is 1. The van der Waals surface area contributed by atoms with Crippen molar-refractivity contribution in [2.45, 2.75) is 12.3 Å². The highest BCUT2D eigenvalue weighted by Gasteiger charge is 2.43. The van der Waals surface area contributed by atoms with Crippen LogP contribution in [0.4, 0.5) is 0 Å². The lowest BCUT2D eigenvalue weighted by Crippen LogP contribution is -2.63. The summed E-state index contributed by atoms with van der Waals surface area (Å²) in [5.41, 5.74) is 0. The lowest BCUT2D eigenvalue weighted by atomic mass is 10.1. The van der Waals surface area contributed by atoms with Gasteiger partial charge in [0, 0.05) is 25.6 Å². The summed E-state index contributed by atoms with van der Waals surface area (Å²) in [4.78, 5) is 3.67. The summed E-state index contributed by atoms with van der Waals surface area (Å²) >= 11 is 5.24. The maximum Gasteiger partial charge on any atom is 0.193 e. The molecule has 0 saturated carbocycles. The zero-order valence-corrected chi connectivity index (χ0v) is 11.2. The molecule has 1 aromatic rings. The Bertz CT molecular complexity index is 330. The standard InChI is InChI=1S/C10H14BrNO2S/c1-13-10(14-2)6-12(7-10)5-8-3-4-9(11)15-8/h3-4H,5-7H2,1-2H3. The van der Waals surface area contributed by atoms with Crippen LogP contribution < -0.4 is 0 Å². The predicted octanol–water partition coefficient (Wildman–Crippen LogP) is 2.32. The fourth-order valence-corrected chi connectivity index (χ4v) is 3.27. The topological polar surface area (TPSA) is 21.7 Å². The average molecular weight is 292 g/mol. The molecule has 0 aliphatic carbocycles. The Morgan fingerprint density at radius 3 is 2.53 bits per heavy atom. The average Bonchev–Trinajstić information content (AvgIpc) is 2.57. The van der Waals surface area contributed by atoms with Crippen molar-refractivity contribution in [1.29, 1.82) is 0 Å². The van der Waals surface area contributed by atoms with Crippen LogP contribution in [0.2, 0.25) is 0 Å². The van der Waals surface area contributed by atoms with Crippen LogP contribution >= 0.6 is 27.3 Å². The summed E-state index contributed by atoms with van der Waals surface area (Å²) in [5, 5.41) is 0. The fraction of sp³-hybridized carbons (Fsp3) is 0.600. The van der Waals surface area contributed by atoms with E-state index in [-0.39, 0.29) is 5.79 Å². The maximum absolute atomic E-state index is 5.33. The molecule has 0 aromatic carbocycles. The van der Waals surface area contributed by atoms with Crippen LogP contribution in [0.1, 0.15) is 4.88 Å². The number of thiophene rings is 1. The predicted molar refractivity (Wildman–Crippen MR) is 64.0 cm³/mol. The third-order valence-corrected chi connectivity index (χ3v) is 4.29. The van der Waals surface area contributed by atoms with Gasteiger partial charge in [0.1, 0.15) is 0 Å². The van der Waals surface area contributed by atoms with Crippen molar-refractivity contribution in [2.24, 2.45) is 0 Å². The van der Waals surface area contributed by atoms with Crippen molar-refractivity contribution in [3.05, 3.63) is 20.8 Å². The highest BCUT2D eigenvalue weighted by atomic mass is 79.9. The highest BCUT2D eigenvalue weighted by molar-refractivity contribution is 9.11. The van der Waals surface area contributed by atoms with E-state index in [0.29, 0.717) is 0 Å². The van der Waals surface area contributed by atoms with E-state index in [1.165, 1.54) is 8.66 Å². The van der Waals surface area contributed by atoms with Gasteiger partial charge in [-0.2, -0.15) is 0 Å². The Hall–Kier alpha value is 0.0600. The minimum absolute atomic E-state index is 0.367. The number of rotatable bonds is 4. The van der Waals surface area contributed by atoms with Gasteiger partial charge in [0.25, 0.3) is 0 Å². The molecule has 0 radical (unpaired) electrons. The van der Waals surface area contributed by atoms with Crippen LogP contribution in [-0.4, -0.2) is 38.0 Å². The van der Waals surface area contributed by atoms with E-state index < -0.39 is 0 Å². The number of hydrogen-bond acceptors (Lipinski definition) is 4. The molecule has 0 amide bonds. The minimum Gasteiger partial charge on any atom is -0.351 e. The van der Waals surface area contributed by atoms with Gasteiger partial charge in [-0.15, -0.1) is 11.3 Å². The van der Waals surface area contributed by atoms with E-state index in [9.17, 15) is 0 Å². The molecular weight excluding hydrogens is 278 g/mol. The molecule has 1 saturated heterocycles. The Morgan fingerprint density at radius 2 is 2.07 bits per heavy atom. The van der Waals surface area contributed by atoms with Gasteiger partial charge in [0.15, 0.2) is 5.79 Å². The fourth-order valence-electron chi connectivity index (χ4n) is 1.75. The molecular formula is C10H14BrNO2S. The van der Waals surface area contributed by atoms with Gasteiger partial charge in [-0.3, -0.25) is 4.90 Å². The van der Waals surface area contributed by atoms with Crippen molar-refractivity contribution < 1.29 is 9.47 Å². The molecule has 0 atom stereocenters. The van der Waals surface area contributed by atoms with Gasteiger partial charge in [0.2, 0.25) is 0 Å². The summed E-state index contributed by atoms with van der Waals surface area (Å²) in [6, 6.07) is 4.23. The molecule has 5 heteroatoms. The van der Waals surface area contributed by atoms with Crippen molar-refractivity contribution in [3.8, 4) is 0 Å². The van der Waals surface area contributed by atoms with Gasteiger partial charge >= 0.3 is 0 Å². The summed E-state index contributed by atoms with van der Waals surface area (Å²) in [6.45, 7) is 2.66. The second kappa shape index (κ2) is 4.51. The van der Waals surface area contributed by atoms with Crippen LogP contribution in [0, 0.1) is 0 Å². The molecule has 1 aromatic heterocycles. The number of likely N-dealkylation sites (tertiary alicyclic amines) is 1. The van der Waals surface area contributed by atoms with Gasteiger partial charge in [-0.25, -0.2) is 0 Å². The summed E-state index contributed by atoms with van der Waals surface area (Å²) in [6.07, 6.45) is 0. The Morgan fingerprint density at radius 1 is 1.40 bits per heavy atom. The number of ether oxygens (including phenoxy) is 2.